The topological polar surface area (TPSA) is 92.5 Å². The highest BCUT2D eigenvalue weighted by Crippen LogP contribution is 2.34. The number of ether oxygens (including phenoxy) is 1. The highest BCUT2D eigenvalue weighted by molar-refractivity contribution is 7.85. The van der Waals surface area contributed by atoms with Gasteiger partial charge in [-0.15, -0.1) is 0 Å². The smallest absolute Gasteiger partial charge is 0.150 e. The minimum Gasteiger partial charge on any atom is -0.744 e. The fourth-order valence-corrected chi connectivity index (χ4v) is 2.40. The average Bonchev–Trinajstić information content (AvgIpc) is 2.33. The predicted molar refractivity (Wildman–Crippen MR) is 75.4 cm³/mol. The van der Waals surface area contributed by atoms with E-state index in [1.54, 1.807) is 12.1 Å². The zero-order valence-corrected chi connectivity index (χ0v) is 12.2. The van der Waals surface area contributed by atoms with E-state index in [1.165, 1.54) is 12.1 Å². The first-order valence-electron chi connectivity index (χ1n) is 5.26. The summed E-state index contributed by atoms with van der Waals surface area (Å²) in [7, 11) is -4.56. The number of benzene rings is 2. The standard InChI is InChI=1S/C12H9Cl2NO4S/c13-7-1-3-11(9(14)5-7)19-12-4-2-8(6-10(12)15)20(16,17)18/h1-6H,15H2,(H,16,17,18)/p-1. The fourth-order valence-electron chi connectivity index (χ4n) is 1.45. The van der Waals surface area contributed by atoms with Gasteiger partial charge in [0, 0.05) is 5.02 Å². The second-order valence-electron chi connectivity index (χ2n) is 3.83. The van der Waals surface area contributed by atoms with Crippen molar-refractivity contribution in [3.8, 4) is 11.5 Å². The Morgan fingerprint density at radius 1 is 1.05 bits per heavy atom. The molecule has 0 spiro atoms. The third-order valence-electron chi connectivity index (χ3n) is 2.38. The molecule has 0 saturated carbocycles. The molecule has 0 bridgehead atoms. The molecule has 2 rings (SSSR count). The summed E-state index contributed by atoms with van der Waals surface area (Å²) in [6.45, 7) is 0. The second-order valence-corrected chi connectivity index (χ2v) is 6.05. The van der Waals surface area contributed by atoms with Crippen LogP contribution in [0.15, 0.2) is 41.3 Å². The number of rotatable bonds is 3. The van der Waals surface area contributed by atoms with Crippen LogP contribution in [0, 0.1) is 0 Å². The van der Waals surface area contributed by atoms with Crippen molar-refractivity contribution in [3.05, 3.63) is 46.4 Å². The van der Waals surface area contributed by atoms with Crippen molar-refractivity contribution in [2.75, 3.05) is 5.73 Å². The van der Waals surface area contributed by atoms with Crippen LogP contribution in [0.3, 0.4) is 0 Å². The molecule has 20 heavy (non-hydrogen) atoms. The Labute approximate surface area is 125 Å². The Bertz CT molecular complexity index is 762. The number of nitrogens with two attached hydrogens (primary N) is 1. The van der Waals surface area contributed by atoms with Gasteiger partial charge in [0.05, 0.1) is 15.6 Å². The van der Waals surface area contributed by atoms with E-state index >= 15 is 0 Å². The van der Waals surface area contributed by atoms with Crippen molar-refractivity contribution in [2.45, 2.75) is 4.90 Å². The van der Waals surface area contributed by atoms with Gasteiger partial charge in [-0.05, 0) is 36.4 Å². The number of hydrogen-bond donors (Lipinski definition) is 1. The molecule has 0 aliphatic heterocycles. The van der Waals surface area contributed by atoms with Crippen LogP contribution in [0.4, 0.5) is 5.69 Å². The van der Waals surface area contributed by atoms with Gasteiger partial charge >= 0.3 is 0 Å². The van der Waals surface area contributed by atoms with Crippen LogP contribution in [-0.4, -0.2) is 13.0 Å². The molecule has 0 fully saturated rings. The first-order chi connectivity index (χ1) is 9.27. The Morgan fingerprint density at radius 2 is 1.70 bits per heavy atom. The molecule has 5 nitrogen and oxygen atoms in total. The van der Waals surface area contributed by atoms with Gasteiger partial charge in [-0.3, -0.25) is 0 Å². The number of hydrogen-bond acceptors (Lipinski definition) is 5. The quantitative estimate of drug-likeness (QED) is 0.687. The summed E-state index contributed by atoms with van der Waals surface area (Å²) in [6, 6.07) is 8.04. The molecule has 0 atom stereocenters. The third-order valence-corrected chi connectivity index (χ3v) is 3.75. The van der Waals surface area contributed by atoms with Crippen molar-refractivity contribution in [1.29, 1.82) is 0 Å². The summed E-state index contributed by atoms with van der Waals surface area (Å²) in [4.78, 5) is -0.426. The van der Waals surface area contributed by atoms with Gasteiger partial charge < -0.3 is 15.0 Å². The largest absolute Gasteiger partial charge is 0.744 e. The van der Waals surface area contributed by atoms with E-state index in [1.807, 2.05) is 0 Å². The van der Waals surface area contributed by atoms with Crippen molar-refractivity contribution >= 4 is 39.0 Å². The second kappa shape index (κ2) is 5.49. The Kier molecular flexibility index (Phi) is 4.10. The zero-order valence-electron chi connectivity index (χ0n) is 9.84. The number of halogens is 2. The molecule has 0 amide bonds. The average molecular weight is 333 g/mol. The van der Waals surface area contributed by atoms with Crippen LogP contribution in [0.5, 0.6) is 11.5 Å². The lowest BCUT2D eigenvalue weighted by atomic mass is 10.3. The van der Waals surface area contributed by atoms with Gasteiger partial charge in [0.2, 0.25) is 0 Å². The molecule has 2 N–H and O–H groups in total. The summed E-state index contributed by atoms with van der Waals surface area (Å²) < 4.78 is 38.0. The minimum atomic E-state index is -4.56. The zero-order chi connectivity index (χ0) is 14.9. The Morgan fingerprint density at radius 3 is 2.25 bits per heavy atom. The molecule has 0 aliphatic carbocycles. The first-order valence-corrected chi connectivity index (χ1v) is 7.42. The van der Waals surface area contributed by atoms with Gasteiger partial charge in [-0.1, -0.05) is 23.2 Å². The summed E-state index contributed by atoms with van der Waals surface area (Å²) in [5, 5.41) is 0.723. The van der Waals surface area contributed by atoms with E-state index in [2.05, 4.69) is 0 Å². The molecule has 2 aromatic carbocycles. The summed E-state index contributed by atoms with van der Waals surface area (Å²) >= 11 is 11.7. The van der Waals surface area contributed by atoms with E-state index < -0.39 is 15.0 Å². The third kappa shape index (κ3) is 3.34. The van der Waals surface area contributed by atoms with Crippen molar-refractivity contribution in [3.63, 3.8) is 0 Å². The van der Waals surface area contributed by atoms with Crippen LogP contribution in [0.25, 0.3) is 0 Å². The van der Waals surface area contributed by atoms with Crippen molar-refractivity contribution < 1.29 is 17.7 Å². The highest BCUT2D eigenvalue weighted by Gasteiger charge is 2.09. The van der Waals surface area contributed by atoms with E-state index in [4.69, 9.17) is 33.7 Å². The van der Waals surface area contributed by atoms with Crippen LogP contribution in [-0.2, 0) is 10.1 Å². The Balaban J connectivity index is 2.35. The van der Waals surface area contributed by atoms with E-state index in [0.29, 0.717) is 10.8 Å². The molecule has 0 aliphatic rings. The van der Waals surface area contributed by atoms with Crippen LogP contribution >= 0.6 is 23.2 Å². The van der Waals surface area contributed by atoms with E-state index in [9.17, 15) is 13.0 Å². The van der Waals surface area contributed by atoms with Gasteiger partial charge in [-0.2, -0.15) is 0 Å². The summed E-state index contributed by atoms with van der Waals surface area (Å²) in [5.74, 6) is 0.488. The van der Waals surface area contributed by atoms with Crippen molar-refractivity contribution in [2.24, 2.45) is 0 Å². The van der Waals surface area contributed by atoms with Crippen LogP contribution in [0.2, 0.25) is 10.0 Å². The molecule has 106 valence electrons. The van der Waals surface area contributed by atoms with E-state index in [0.717, 1.165) is 12.1 Å². The van der Waals surface area contributed by atoms with Gasteiger partial charge in [0.1, 0.15) is 21.6 Å². The normalized spacial score (nSPS) is 11.3. The number of nitrogen functional groups attached to an aromatic ring is 1. The van der Waals surface area contributed by atoms with Gasteiger partial charge in [-0.25, -0.2) is 8.42 Å². The molecule has 0 saturated heterocycles. The minimum absolute atomic E-state index is 0.00735. The molecule has 2 aromatic rings. The molecule has 0 heterocycles. The summed E-state index contributed by atoms with van der Waals surface area (Å²) in [5.41, 5.74) is 5.66. The molecule has 0 aromatic heterocycles. The highest BCUT2D eigenvalue weighted by atomic mass is 35.5. The lowest BCUT2D eigenvalue weighted by Crippen LogP contribution is -2.01. The van der Waals surface area contributed by atoms with Gasteiger partial charge in [0.25, 0.3) is 0 Å². The Hall–Kier alpha value is -1.47. The van der Waals surface area contributed by atoms with Crippen LogP contribution in [0.1, 0.15) is 0 Å². The van der Waals surface area contributed by atoms with Gasteiger partial charge in [0.15, 0.2) is 0 Å². The lowest BCUT2D eigenvalue weighted by molar-refractivity contribution is 0.462. The monoisotopic (exact) mass is 332 g/mol. The van der Waals surface area contributed by atoms with Crippen molar-refractivity contribution in [1.82, 2.24) is 0 Å². The van der Waals surface area contributed by atoms with E-state index in [-0.39, 0.29) is 16.5 Å². The predicted octanol–water partition coefficient (Wildman–Crippen LogP) is 3.27. The maximum atomic E-state index is 10.9. The molecule has 0 unspecified atom stereocenters. The lowest BCUT2D eigenvalue weighted by Gasteiger charge is -2.12. The first kappa shape index (κ1) is 14.9. The molecular formula is C12H8Cl2NO4S-. The fraction of sp³-hybridized carbons (Fsp3) is 0. The van der Waals surface area contributed by atoms with Crippen LogP contribution < -0.4 is 10.5 Å². The molecular weight excluding hydrogens is 325 g/mol. The number of anilines is 1. The SMILES string of the molecule is Nc1cc(S(=O)(=O)[O-])ccc1Oc1ccc(Cl)cc1Cl. The summed E-state index contributed by atoms with van der Waals surface area (Å²) in [6.07, 6.45) is 0. The molecule has 8 heteroatoms. The maximum Gasteiger partial charge on any atom is 0.150 e. The molecule has 0 radical (unpaired) electrons. The maximum absolute atomic E-state index is 10.9.